The summed E-state index contributed by atoms with van der Waals surface area (Å²) >= 11 is 0. The molecule has 0 atom stereocenters. The van der Waals surface area contributed by atoms with Crippen molar-refractivity contribution in [3.05, 3.63) is 66.7 Å². The topological polar surface area (TPSA) is 61.5 Å². The monoisotopic (exact) mass is 269 g/mol. The van der Waals surface area contributed by atoms with E-state index in [4.69, 9.17) is 15.2 Å². The molecule has 0 aliphatic carbocycles. The van der Waals surface area contributed by atoms with E-state index in [0.717, 1.165) is 0 Å². The number of nitrogens with two attached hydrogens (primary N) is 1. The minimum Gasteiger partial charge on any atom is -0.486 e. The summed E-state index contributed by atoms with van der Waals surface area (Å²) in [6, 6.07) is 13.5. The van der Waals surface area contributed by atoms with Gasteiger partial charge >= 0.3 is 5.97 Å². The summed E-state index contributed by atoms with van der Waals surface area (Å²) in [6.07, 6.45) is 1.62. The quantitative estimate of drug-likeness (QED) is 0.392. The highest BCUT2D eigenvalue weighted by molar-refractivity contribution is 5.91. The van der Waals surface area contributed by atoms with Crippen LogP contribution in [0.15, 0.2) is 61.2 Å². The molecule has 2 N–H and O–H groups in total. The van der Waals surface area contributed by atoms with E-state index in [1.54, 1.807) is 54.6 Å². The predicted molar refractivity (Wildman–Crippen MR) is 77.9 cm³/mol. The first-order valence-corrected chi connectivity index (χ1v) is 6.11. The molecule has 4 nitrogen and oxygen atoms in total. The molecule has 20 heavy (non-hydrogen) atoms. The molecule has 0 aromatic heterocycles. The van der Waals surface area contributed by atoms with Gasteiger partial charge in [-0.1, -0.05) is 24.8 Å². The lowest BCUT2D eigenvalue weighted by Crippen LogP contribution is -2.09. The number of hydrogen-bond donors (Lipinski definition) is 1. The Morgan fingerprint density at radius 3 is 2.40 bits per heavy atom. The highest BCUT2D eigenvalue weighted by Gasteiger charge is 2.11. The van der Waals surface area contributed by atoms with Crippen molar-refractivity contribution in [3.63, 3.8) is 0 Å². The van der Waals surface area contributed by atoms with Crippen molar-refractivity contribution in [2.45, 2.75) is 0 Å². The number of anilines is 1. The van der Waals surface area contributed by atoms with Gasteiger partial charge in [-0.05, 0) is 36.4 Å². The van der Waals surface area contributed by atoms with Crippen molar-refractivity contribution < 1.29 is 14.3 Å². The Labute approximate surface area is 117 Å². The van der Waals surface area contributed by atoms with E-state index in [2.05, 4.69) is 6.58 Å². The third-order valence-corrected chi connectivity index (χ3v) is 2.55. The van der Waals surface area contributed by atoms with Crippen LogP contribution in [0, 0.1) is 0 Å². The van der Waals surface area contributed by atoms with Gasteiger partial charge in [-0.3, -0.25) is 0 Å². The summed E-state index contributed by atoms with van der Waals surface area (Å²) < 4.78 is 10.8. The maximum atomic E-state index is 12.0. The molecule has 0 aliphatic rings. The van der Waals surface area contributed by atoms with Crippen LogP contribution in [0.5, 0.6) is 11.5 Å². The summed E-state index contributed by atoms with van der Waals surface area (Å²) in [7, 11) is 0. The number of nitrogen functional groups attached to an aromatic ring is 1. The molecule has 0 amide bonds. The predicted octanol–water partition coefficient (Wildman–Crippen LogP) is 3.05. The Morgan fingerprint density at radius 1 is 1.10 bits per heavy atom. The van der Waals surface area contributed by atoms with Gasteiger partial charge in [-0.15, -0.1) is 0 Å². The molecule has 2 rings (SSSR count). The Bertz CT molecular complexity index is 605. The molecule has 0 spiro atoms. The number of esters is 1. The van der Waals surface area contributed by atoms with Gasteiger partial charge in [0.2, 0.25) is 0 Å². The second-order valence-corrected chi connectivity index (χ2v) is 4.06. The third-order valence-electron chi connectivity index (χ3n) is 2.55. The molecule has 2 aromatic carbocycles. The minimum atomic E-state index is -0.459. The average molecular weight is 269 g/mol. The van der Waals surface area contributed by atoms with Crippen LogP contribution in [0.2, 0.25) is 0 Å². The van der Waals surface area contributed by atoms with Crippen LogP contribution >= 0.6 is 0 Å². The second kappa shape index (κ2) is 6.43. The van der Waals surface area contributed by atoms with Gasteiger partial charge in [-0.2, -0.15) is 0 Å². The standard InChI is InChI=1S/C16H15NO3/c1-2-11-19-14-5-3-4-6-15(14)20-16(18)12-7-9-13(17)10-8-12/h2-10H,1,11,17H2. The van der Waals surface area contributed by atoms with Crippen molar-refractivity contribution in [1.29, 1.82) is 0 Å². The highest BCUT2D eigenvalue weighted by Crippen LogP contribution is 2.27. The van der Waals surface area contributed by atoms with Crippen LogP contribution in [-0.2, 0) is 0 Å². The average Bonchev–Trinajstić information content (AvgIpc) is 2.47. The van der Waals surface area contributed by atoms with Crippen LogP contribution < -0.4 is 15.2 Å². The van der Waals surface area contributed by atoms with E-state index in [9.17, 15) is 4.79 Å². The van der Waals surface area contributed by atoms with Crippen LogP contribution in [0.3, 0.4) is 0 Å². The normalized spacial score (nSPS) is 9.80. The molecule has 0 aliphatic heterocycles. The number of carbonyl (C=O) groups is 1. The van der Waals surface area contributed by atoms with E-state index >= 15 is 0 Å². The number of benzene rings is 2. The summed E-state index contributed by atoms with van der Waals surface area (Å²) in [5.41, 5.74) is 6.60. The lowest BCUT2D eigenvalue weighted by Gasteiger charge is -2.10. The minimum absolute atomic E-state index is 0.344. The van der Waals surface area contributed by atoms with Crippen LogP contribution in [-0.4, -0.2) is 12.6 Å². The van der Waals surface area contributed by atoms with Crippen molar-refractivity contribution >= 4 is 11.7 Å². The molecular weight excluding hydrogens is 254 g/mol. The zero-order valence-electron chi connectivity index (χ0n) is 10.9. The second-order valence-electron chi connectivity index (χ2n) is 4.06. The number of hydrogen-bond acceptors (Lipinski definition) is 4. The number of rotatable bonds is 5. The molecule has 0 fully saturated rings. The van der Waals surface area contributed by atoms with Gasteiger partial charge in [-0.25, -0.2) is 4.79 Å². The van der Waals surface area contributed by atoms with Gasteiger partial charge in [0.05, 0.1) is 5.56 Å². The van der Waals surface area contributed by atoms with E-state index in [-0.39, 0.29) is 0 Å². The summed E-state index contributed by atoms with van der Waals surface area (Å²) in [5.74, 6) is 0.409. The van der Waals surface area contributed by atoms with E-state index < -0.39 is 5.97 Å². The summed E-state index contributed by atoms with van der Waals surface area (Å²) in [4.78, 5) is 12.0. The fraction of sp³-hybridized carbons (Fsp3) is 0.0625. The maximum Gasteiger partial charge on any atom is 0.343 e. The molecule has 0 bridgehead atoms. The smallest absolute Gasteiger partial charge is 0.343 e. The summed E-state index contributed by atoms with van der Waals surface area (Å²) in [5, 5.41) is 0. The number of ether oxygens (including phenoxy) is 2. The first-order chi connectivity index (χ1) is 9.70. The largest absolute Gasteiger partial charge is 0.486 e. The molecule has 102 valence electrons. The number of carbonyl (C=O) groups excluding carboxylic acids is 1. The lowest BCUT2D eigenvalue weighted by molar-refractivity contribution is 0.0729. The third kappa shape index (κ3) is 3.38. The molecule has 2 aromatic rings. The highest BCUT2D eigenvalue weighted by atomic mass is 16.6. The summed E-state index contributed by atoms with van der Waals surface area (Å²) in [6.45, 7) is 3.92. The van der Waals surface area contributed by atoms with E-state index in [0.29, 0.717) is 29.4 Å². The Morgan fingerprint density at radius 2 is 1.75 bits per heavy atom. The fourth-order valence-corrected chi connectivity index (χ4v) is 1.58. The zero-order chi connectivity index (χ0) is 14.4. The fourth-order valence-electron chi connectivity index (χ4n) is 1.58. The van der Waals surface area contributed by atoms with Gasteiger partial charge < -0.3 is 15.2 Å². The first-order valence-electron chi connectivity index (χ1n) is 6.11. The van der Waals surface area contributed by atoms with Gasteiger partial charge in [0.25, 0.3) is 0 Å². The molecule has 0 radical (unpaired) electrons. The molecule has 0 unspecified atom stereocenters. The van der Waals surface area contributed by atoms with Gasteiger partial charge in [0.15, 0.2) is 11.5 Å². The molecule has 0 saturated heterocycles. The Balaban J connectivity index is 2.15. The Kier molecular flexibility index (Phi) is 4.39. The van der Waals surface area contributed by atoms with Gasteiger partial charge in [0, 0.05) is 5.69 Å². The van der Waals surface area contributed by atoms with Gasteiger partial charge in [0.1, 0.15) is 6.61 Å². The van der Waals surface area contributed by atoms with E-state index in [1.807, 2.05) is 0 Å². The van der Waals surface area contributed by atoms with E-state index in [1.165, 1.54) is 0 Å². The lowest BCUT2D eigenvalue weighted by atomic mass is 10.2. The molecule has 4 heteroatoms. The van der Waals surface area contributed by atoms with Crippen LogP contribution in [0.1, 0.15) is 10.4 Å². The van der Waals surface area contributed by atoms with Crippen molar-refractivity contribution in [2.75, 3.05) is 12.3 Å². The Hall–Kier alpha value is -2.75. The SMILES string of the molecule is C=CCOc1ccccc1OC(=O)c1ccc(N)cc1. The van der Waals surface area contributed by atoms with Crippen LogP contribution in [0.25, 0.3) is 0 Å². The van der Waals surface area contributed by atoms with Crippen molar-refractivity contribution in [3.8, 4) is 11.5 Å². The zero-order valence-corrected chi connectivity index (χ0v) is 10.9. The molecule has 0 saturated carbocycles. The van der Waals surface area contributed by atoms with Crippen molar-refractivity contribution in [2.24, 2.45) is 0 Å². The number of para-hydroxylation sites is 2. The maximum absolute atomic E-state index is 12.0. The van der Waals surface area contributed by atoms with Crippen molar-refractivity contribution in [1.82, 2.24) is 0 Å². The molecule has 0 heterocycles. The molecular formula is C16H15NO3. The van der Waals surface area contributed by atoms with Crippen LogP contribution in [0.4, 0.5) is 5.69 Å². The first kappa shape index (κ1) is 13.7.